The Hall–Kier alpha value is -2.17. The molecule has 132 valence electrons. The zero-order valence-electron chi connectivity index (χ0n) is 14.7. The van der Waals surface area contributed by atoms with Gasteiger partial charge in [0.1, 0.15) is 5.82 Å². The quantitative estimate of drug-likeness (QED) is 0.860. The molecule has 0 bridgehead atoms. The molecule has 1 aliphatic carbocycles. The average Bonchev–Trinajstić information content (AvgIpc) is 3.34. The SMILES string of the molecule is O=C(C1CCCC1)N1CCC(c2nccn2Cc2ccncc2)CC1. The van der Waals surface area contributed by atoms with Crippen molar-refractivity contribution in [3.8, 4) is 0 Å². The number of aromatic nitrogens is 3. The highest BCUT2D eigenvalue weighted by Gasteiger charge is 2.31. The molecular formula is C20H26N4O. The Kier molecular flexibility index (Phi) is 4.81. The second kappa shape index (κ2) is 7.38. The van der Waals surface area contributed by atoms with Crippen molar-refractivity contribution in [2.45, 2.75) is 51.0 Å². The molecule has 0 unspecified atom stereocenters. The van der Waals surface area contributed by atoms with Gasteiger partial charge in [0.2, 0.25) is 5.91 Å². The van der Waals surface area contributed by atoms with Crippen molar-refractivity contribution in [3.05, 3.63) is 48.3 Å². The van der Waals surface area contributed by atoms with Crippen LogP contribution in [0.1, 0.15) is 55.8 Å². The molecule has 1 aliphatic heterocycles. The minimum Gasteiger partial charge on any atom is -0.342 e. The smallest absolute Gasteiger partial charge is 0.225 e. The Balaban J connectivity index is 1.38. The molecule has 2 aromatic heterocycles. The number of carbonyl (C=O) groups is 1. The van der Waals surface area contributed by atoms with E-state index in [0.29, 0.717) is 17.7 Å². The predicted octanol–water partition coefficient (Wildman–Crippen LogP) is 3.22. The van der Waals surface area contributed by atoms with Crippen molar-refractivity contribution in [3.63, 3.8) is 0 Å². The van der Waals surface area contributed by atoms with Gasteiger partial charge in [-0.25, -0.2) is 4.98 Å². The molecule has 3 heterocycles. The van der Waals surface area contributed by atoms with E-state index in [0.717, 1.165) is 51.1 Å². The number of hydrogen-bond acceptors (Lipinski definition) is 3. The summed E-state index contributed by atoms with van der Waals surface area (Å²) in [5, 5.41) is 0. The van der Waals surface area contributed by atoms with E-state index < -0.39 is 0 Å². The highest BCUT2D eigenvalue weighted by atomic mass is 16.2. The van der Waals surface area contributed by atoms with E-state index in [1.807, 2.05) is 30.7 Å². The predicted molar refractivity (Wildman–Crippen MR) is 96.1 cm³/mol. The van der Waals surface area contributed by atoms with E-state index in [1.165, 1.54) is 18.4 Å². The molecule has 2 fully saturated rings. The Labute approximate surface area is 149 Å². The zero-order valence-corrected chi connectivity index (χ0v) is 14.7. The summed E-state index contributed by atoms with van der Waals surface area (Å²) in [5.74, 6) is 2.30. The Morgan fingerprint density at radius 2 is 1.76 bits per heavy atom. The summed E-state index contributed by atoms with van der Waals surface area (Å²) in [6, 6.07) is 4.10. The molecule has 1 amide bonds. The topological polar surface area (TPSA) is 51.0 Å². The number of pyridine rings is 1. The lowest BCUT2D eigenvalue weighted by Gasteiger charge is -2.33. The normalized spacial score (nSPS) is 19.4. The Bertz CT molecular complexity index is 697. The first kappa shape index (κ1) is 16.3. The number of rotatable bonds is 4. The lowest BCUT2D eigenvalue weighted by molar-refractivity contribution is -0.136. The fourth-order valence-electron chi connectivity index (χ4n) is 4.29. The number of imidazole rings is 1. The van der Waals surface area contributed by atoms with Crippen LogP contribution in [0.3, 0.4) is 0 Å². The molecule has 4 rings (SSSR count). The first-order valence-electron chi connectivity index (χ1n) is 9.50. The van der Waals surface area contributed by atoms with Gasteiger partial charge < -0.3 is 9.47 Å². The van der Waals surface area contributed by atoms with Crippen molar-refractivity contribution in [2.75, 3.05) is 13.1 Å². The first-order chi connectivity index (χ1) is 12.3. The number of nitrogens with zero attached hydrogens (tertiary/aromatic N) is 4. The van der Waals surface area contributed by atoms with Crippen molar-refractivity contribution >= 4 is 5.91 Å². The second-order valence-electron chi connectivity index (χ2n) is 7.35. The number of likely N-dealkylation sites (tertiary alicyclic amines) is 1. The summed E-state index contributed by atoms with van der Waals surface area (Å²) < 4.78 is 2.24. The van der Waals surface area contributed by atoms with Gasteiger partial charge in [-0.2, -0.15) is 0 Å². The lowest BCUT2D eigenvalue weighted by atomic mass is 9.94. The largest absolute Gasteiger partial charge is 0.342 e. The average molecular weight is 338 g/mol. The second-order valence-corrected chi connectivity index (χ2v) is 7.35. The van der Waals surface area contributed by atoms with Crippen LogP contribution < -0.4 is 0 Å². The summed E-state index contributed by atoms with van der Waals surface area (Å²) >= 11 is 0. The number of carbonyl (C=O) groups excluding carboxylic acids is 1. The molecule has 5 heteroatoms. The van der Waals surface area contributed by atoms with Gasteiger partial charge in [0.05, 0.1) is 0 Å². The maximum atomic E-state index is 12.6. The van der Waals surface area contributed by atoms with E-state index in [1.54, 1.807) is 0 Å². The van der Waals surface area contributed by atoms with Gasteiger partial charge in [-0.1, -0.05) is 12.8 Å². The van der Waals surface area contributed by atoms with Crippen LogP contribution in [-0.4, -0.2) is 38.4 Å². The summed E-state index contributed by atoms with van der Waals surface area (Å²) in [5.41, 5.74) is 1.24. The standard InChI is InChI=1S/C20H26N4O/c25-20(18-3-1-2-4-18)23-12-7-17(8-13-23)19-22-11-14-24(19)15-16-5-9-21-10-6-16/h5-6,9-11,14,17-18H,1-4,7-8,12-13,15H2. The monoisotopic (exact) mass is 338 g/mol. The van der Waals surface area contributed by atoms with E-state index in [9.17, 15) is 4.79 Å². The summed E-state index contributed by atoms with van der Waals surface area (Å²) in [4.78, 5) is 23.4. The Morgan fingerprint density at radius 3 is 2.48 bits per heavy atom. The van der Waals surface area contributed by atoms with Gasteiger partial charge in [-0.3, -0.25) is 9.78 Å². The van der Waals surface area contributed by atoms with Crippen LogP contribution in [0.15, 0.2) is 36.9 Å². The molecule has 0 aromatic carbocycles. The van der Waals surface area contributed by atoms with Crippen LogP contribution >= 0.6 is 0 Å². The first-order valence-corrected chi connectivity index (χ1v) is 9.50. The van der Waals surface area contributed by atoms with Gasteiger partial charge in [-0.05, 0) is 43.4 Å². The molecule has 2 aromatic rings. The molecule has 5 nitrogen and oxygen atoms in total. The van der Waals surface area contributed by atoms with Crippen LogP contribution in [0.2, 0.25) is 0 Å². The highest BCUT2D eigenvalue weighted by molar-refractivity contribution is 5.79. The third-order valence-electron chi connectivity index (χ3n) is 5.73. The molecule has 0 radical (unpaired) electrons. The van der Waals surface area contributed by atoms with E-state index in [2.05, 4.69) is 25.6 Å². The van der Waals surface area contributed by atoms with Gasteiger partial charge in [0.25, 0.3) is 0 Å². The van der Waals surface area contributed by atoms with E-state index in [4.69, 9.17) is 0 Å². The maximum absolute atomic E-state index is 12.6. The minimum absolute atomic E-state index is 0.297. The van der Waals surface area contributed by atoms with Crippen molar-refractivity contribution in [2.24, 2.45) is 5.92 Å². The molecule has 0 spiro atoms. The number of amides is 1. The summed E-state index contributed by atoms with van der Waals surface area (Å²) in [6.45, 7) is 2.59. The van der Waals surface area contributed by atoms with Crippen molar-refractivity contribution < 1.29 is 4.79 Å². The van der Waals surface area contributed by atoms with Gasteiger partial charge in [0, 0.05) is 56.3 Å². The highest BCUT2D eigenvalue weighted by Crippen LogP contribution is 2.31. The maximum Gasteiger partial charge on any atom is 0.225 e. The van der Waals surface area contributed by atoms with Crippen LogP contribution in [0.5, 0.6) is 0 Å². The van der Waals surface area contributed by atoms with Crippen LogP contribution in [0.4, 0.5) is 0 Å². The third kappa shape index (κ3) is 3.60. The number of piperidine rings is 1. The molecule has 25 heavy (non-hydrogen) atoms. The van der Waals surface area contributed by atoms with E-state index in [-0.39, 0.29) is 0 Å². The Morgan fingerprint density at radius 1 is 1.04 bits per heavy atom. The zero-order chi connectivity index (χ0) is 17.1. The molecule has 0 N–H and O–H groups in total. The molecular weight excluding hydrogens is 312 g/mol. The third-order valence-corrected chi connectivity index (χ3v) is 5.73. The van der Waals surface area contributed by atoms with Crippen LogP contribution in [0.25, 0.3) is 0 Å². The van der Waals surface area contributed by atoms with Gasteiger partial charge >= 0.3 is 0 Å². The molecule has 1 saturated heterocycles. The summed E-state index contributed by atoms with van der Waals surface area (Å²) in [7, 11) is 0. The van der Waals surface area contributed by atoms with Gasteiger partial charge in [0.15, 0.2) is 0 Å². The van der Waals surface area contributed by atoms with Crippen molar-refractivity contribution in [1.82, 2.24) is 19.4 Å². The minimum atomic E-state index is 0.297. The number of hydrogen-bond donors (Lipinski definition) is 0. The molecule has 1 saturated carbocycles. The van der Waals surface area contributed by atoms with Crippen LogP contribution in [0, 0.1) is 5.92 Å². The van der Waals surface area contributed by atoms with E-state index >= 15 is 0 Å². The molecule has 2 aliphatic rings. The summed E-state index contributed by atoms with van der Waals surface area (Å²) in [6.07, 6.45) is 14.3. The lowest BCUT2D eigenvalue weighted by Crippen LogP contribution is -2.41. The molecule has 0 atom stereocenters. The van der Waals surface area contributed by atoms with Crippen molar-refractivity contribution in [1.29, 1.82) is 0 Å². The fourth-order valence-corrected chi connectivity index (χ4v) is 4.29. The van der Waals surface area contributed by atoms with Gasteiger partial charge in [-0.15, -0.1) is 0 Å². The fraction of sp³-hybridized carbons (Fsp3) is 0.550. The van der Waals surface area contributed by atoms with Crippen LogP contribution in [-0.2, 0) is 11.3 Å².